The van der Waals surface area contributed by atoms with E-state index in [-0.39, 0.29) is 0 Å². The van der Waals surface area contributed by atoms with Gasteiger partial charge in [0.25, 0.3) is 0 Å². The Hall–Kier alpha value is -2.99. The minimum Gasteiger partial charge on any atom is -0.338 e. The van der Waals surface area contributed by atoms with Gasteiger partial charge in [-0.1, -0.05) is 60.0 Å². The Kier molecular flexibility index (Phi) is 4.41. The molecule has 0 saturated heterocycles. The lowest BCUT2D eigenvalue weighted by Gasteiger charge is -2.11. The Morgan fingerprint density at radius 1 is 0.929 bits per heavy atom. The second kappa shape index (κ2) is 7.20. The number of hydrogen-bond acceptors (Lipinski definition) is 5. The van der Waals surface area contributed by atoms with Crippen molar-refractivity contribution < 1.29 is 0 Å². The van der Waals surface area contributed by atoms with E-state index in [9.17, 15) is 0 Å². The number of halogens is 1. The summed E-state index contributed by atoms with van der Waals surface area (Å²) >= 11 is 6.01. The molecule has 1 aliphatic carbocycles. The van der Waals surface area contributed by atoms with Crippen LogP contribution in [0.2, 0.25) is 5.02 Å². The van der Waals surface area contributed by atoms with Gasteiger partial charge in [0.05, 0.1) is 6.04 Å². The predicted octanol–water partition coefficient (Wildman–Crippen LogP) is 5.40. The third-order valence-electron chi connectivity index (χ3n) is 5.13. The average Bonchev–Trinajstić information content (AvgIpc) is 3.40. The summed E-state index contributed by atoms with van der Waals surface area (Å²) in [6, 6.07) is 17.9. The van der Waals surface area contributed by atoms with E-state index in [1.165, 1.54) is 12.8 Å². The molecule has 28 heavy (non-hydrogen) atoms. The molecule has 0 spiro atoms. The van der Waals surface area contributed by atoms with Gasteiger partial charge in [0.2, 0.25) is 0 Å². The minimum atomic E-state index is 0.354. The molecular weight excluding hydrogens is 372 g/mol. The van der Waals surface area contributed by atoms with E-state index in [0.29, 0.717) is 28.2 Å². The quantitative estimate of drug-likeness (QED) is 0.505. The van der Waals surface area contributed by atoms with E-state index in [4.69, 9.17) is 21.6 Å². The standard InChI is InChI=1S/C21H19ClN6/c22-15-10-12-16(13-11-15)23-20-18-21(28(27-26-18)17-8-4-5-9-17)25-19(24-20)14-6-2-1-3-7-14/h1-3,6-7,10-13,17H,4-5,8-9H2,(H,23,24,25). The monoisotopic (exact) mass is 390 g/mol. The number of anilines is 2. The summed E-state index contributed by atoms with van der Waals surface area (Å²) in [5.74, 6) is 1.31. The summed E-state index contributed by atoms with van der Waals surface area (Å²) in [5.41, 5.74) is 3.31. The molecule has 0 amide bonds. The molecule has 1 aliphatic rings. The number of nitrogens with one attached hydrogen (secondary N) is 1. The molecule has 2 aromatic heterocycles. The summed E-state index contributed by atoms with van der Waals surface area (Å²) in [5, 5.41) is 12.9. The number of nitrogens with zero attached hydrogens (tertiary/aromatic N) is 5. The van der Waals surface area contributed by atoms with Crippen LogP contribution in [0.1, 0.15) is 31.7 Å². The van der Waals surface area contributed by atoms with Gasteiger partial charge in [-0.15, -0.1) is 5.10 Å². The van der Waals surface area contributed by atoms with Gasteiger partial charge in [0.15, 0.2) is 22.8 Å². The van der Waals surface area contributed by atoms with Crippen molar-refractivity contribution in [2.24, 2.45) is 0 Å². The lowest BCUT2D eigenvalue weighted by Crippen LogP contribution is -2.08. The Balaban J connectivity index is 1.65. The minimum absolute atomic E-state index is 0.354. The van der Waals surface area contributed by atoms with Crippen molar-refractivity contribution in [1.82, 2.24) is 25.0 Å². The molecule has 0 atom stereocenters. The molecule has 1 N–H and O–H groups in total. The zero-order valence-corrected chi connectivity index (χ0v) is 16.0. The number of rotatable bonds is 4. The number of benzene rings is 2. The van der Waals surface area contributed by atoms with Crippen LogP contribution in [0.5, 0.6) is 0 Å². The van der Waals surface area contributed by atoms with Crippen LogP contribution in [-0.4, -0.2) is 25.0 Å². The van der Waals surface area contributed by atoms with Crippen molar-refractivity contribution in [2.45, 2.75) is 31.7 Å². The molecule has 1 saturated carbocycles. The van der Waals surface area contributed by atoms with Crippen LogP contribution in [0.15, 0.2) is 54.6 Å². The normalized spacial score (nSPS) is 14.6. The van der Waals surface area contributed by atoms with Gasteiger partial charge < -0.3 is 5.32 Å². The van der Waals surface area contributed by atoms with Crippen molar-refractivity contribution in [3.63, 3.8) is 0 Å². The first-order chi connectivity index (χ1) is 13.8. The second-order valence-electron chi connectivity index (χ2n) is 7.04. The van der Waals surface area contributed by atoms with Crippen molar-refractivity contribution in [3.8, 4) is 11.4 Å². The Labute approximate surface area is 167 Å². The van der Waals surface area contributed by atoms with Crippen molar-refractivity contribution in [3.05, 3.63) is 59.6 Å². The fraction of sp³-hybridized carbons (Fsp3) is 0.238. The fourth-order valence-corrected chi connectivity index (χ4v) is 3.82. The lowest BCUT2D eigenvalue weighted by atomic mass is 10.2. The third kappa shape index (κ3) is 3.20. The molecule has 5 rings (SSSR count). The molecule has 6 nitrogen and oxygen atoms in total. The molecule has 0 aliphatic heterocycles. The van der Waals surface area contributed by atoms with Crippen molar-refractivity contribution in [2.75, 3.05) is 5.32 Å². The first-order valence-electron chi connectivity index (χ1n) is 9.49. The van der Waals surface area contributed by atoms with Gasteiger partial charge in [0.1, 0.15) is 0 Å². The summed E-state index contributed by atoms with van der Waals surface area (Å²) < 4.78 is 1.98. The van der Waals surface area contributed by atoms with E-state index in [2.05, 4.69) is 15.6 Å². The van der Waals surface area contributed by atoms with Crippen LogP contribution in [0, 0.1) is 0 Å². The first-order valence-corrected chi connectivity index (χ1v) is 9.87. The summed E-state index contributed by atoms with van der Waals surface area (Å²) in [6.45, 7) is 0. The van der Waals surface area contributed by atoms with Crippen LogP contribution in [-0.2, 0) is 0 Å². The Bertz CT molecular complexity index is 1100. The average molecular weight is 391 g/mol. The van der Waals surface area contributed by atoms with E-state index in [1.807, 2.05) is 59.3 Å². The smallest absolute Gasteiger partial charge is 0.184 e. The number of fused-ring (bicyclic) bond motifs is 1. The predicted molar refractivity (Wildman–Crippen MR) is 111 cm³/mol. The maximum Gasteiger partial charge on any atom is 0.184 e. The Morgan fingerprint density at radius 2 is 1.68 bits per heavy atom. The largest absolute Gasteiger partial charge is 0.338 e. The molecule has 1 fully saturated rings. The molecule has 0 radical (unpaired) electrons. The maximum atomic E-state index is 6.01. The van der Waals surface area contributed by atoms with Gasteiger partial charge in [-0.3, -0.25) is 0 Å². The second-order valence-corrected chi connectivity index (χ2v) is 7.47. The van der Waals surface area contributed by atoms with Crippen molar-refractivity contribution in [1.29, 1.82) is 0 Å². The van der Waals surface area contributed by atoms with Crippen molar-refractivity contribution >= 4 is 34.3 Å². The zero-order valence-electron chi connectivity index (χ0n) is 15.2. The van der Waals surface area contributed by atoms with E-state index in [0.717, 1.165) is 29.7 Å². The third-order valence-corrected chi connectivity index (χ3v) is 5.39. The van der Waals surface area contributed by atoms with Crippen LogP contribution >= 0.6 is 11.6 Å². The SMILES string of the molecule is Clc1ccc(Nc2nc(-c3ccccc3)nc3c2nnn3C2CCCC2)cc1. The molecule has 0 bridgehead atoms. The summed E-state index contributed by atoms with van der Waals surface area (Å²) in [7, 11) is 0. The topological polar surface area (TPSA) is 68.5 Å². The Morgan fingerprint density at radius 3 is 2.43 bits per heavy atom. The molecule has 140 valence electrons. The molecular formula is C21H19ClN6. The van der Waals surface area contributed by atoms with Gasteiger partial charge >= 0.3 is 0 Å². The number of hydrogen-bond donors (Lipinski definition) is 1. The molecule has 4 aromatic rings. The highest BCUT2D eigenvalue weighted by Crippen LogP contribution is 2.33. The molecule has 2 aromatic carbocycles. The van der Waals surface area contributed by atoms with Gasteiger partial charge in [-0.05, 0) is 37.1 Å². The van der Waals surface area contributed by atoms with Gasteiger partial charge in [0, 0.05) is 16.3 Å². The molecule has 0 unspecified atom stereocenters. The van der Waals surface area contributed by atoms with Gasteiger partial charge in [-0.25, -0.2) is 14.6 Å². The van der Waals surface area contributed by atoms with Crippen LogP contribution in [0.3, 0.4) is 0 Å². The van der Waals surface area contributed by atoms with E-state index >= 15 is 0 Å². The van der Waals surface area contributed by atoms with Crippen LogP contribution < -0.4 is 5.32 Å². The van der Waals surface area contributed by atoms with E-state index in [1.54, 1.807) is 0 Å². The highest BCUT2D eigenvalue weighted by Gasteiger charge is 2.23. The van der Waals surface area contributed by atoms with Crippen LogP contribution in [0.4, 0.5) is 11.5 Å². The van der Waals surface area contributed by atoms with Gasteiger partial charge in [-0.2, -0.15) is 0 Å². The maximum absolute atomic E-state index is 6.01. The highest BCUT2D eigenvalue weighted by molar-refractivity contribution is 6.30. The zero-order chi connectivity index (χ0) is 18.9. The summed E-state index contributed by atoms with van der Waals surface area (Å²) in [6.07, 6.45) is 4.67. The number of aromatic nitrogens is 5. The lowest BCUT2D eigenvalue weighted by molar-refractivity contribution is 0.464. The highest BCUT2D eigenvalue weighted by atomic mass is 35.5. The molecule has 7 heteroatoms. The van der Waals surface area contributed by atoms with E-state index < -0.39 is 0 Å². The first kappa shape index (κ1) is 17.1. The van der Waals surface area contributed by atoms with Crippen LogP contribution in [0.25, 0.3) is 22.6 Å². The fourth-order valence-electron chi connectivity index (χ4n) is 3.70. The summed E-state index contributed by atoms with van der Waals surface area (Å²) in [4.78, 5) is 9.59. The molecule has 2 heterocycles.